The summed E-state index contributed by atoms with van der Waals surface area (Å²) < 4.78 is 6.77. The van der Waals surface area contributed by atoms with E-state index in [9.17, 15) is 9.59 Å². The van der Waals surface area contributed by atoms with Gasteiger partial charge >= 0.3 is 5.97 Å². The molecule has 172 valence electrons. The number of carbonyl (C=O) groups is 2. The zero-order chi connectivity index (χ0) is 23.5. The van der Waals surface area contributed by atoms with E-state index in [2.05, 4.69) is 22.1 Å². The molecule has 0 fully saturated rings. The molecule has 1 aliphatic carbocycles. The molecule has 1 N–H and O–H groups in total. The molecule has 0 spiro atoms. The summed E-state index contributed by atoms with van der Waals surface area (Å²) in [6.45, 7) is 4.24. The van der Waals surface area contributed by atoms with E-state index in [1.807, 2.05) is 4.57 Å². The van der Waals surface area contributed by atoms with Gasteiger partial charge in [0.15, 0.2) is 11.0 Å². The highest BCUT2D eigenvalue weighted by Gasteiger charge is 2.28. The Hall–Kier alpha value is -2.33. The van der Waals surface area contributed by atoms with Crippen LogP contribution in [0.3, 0.4) is 0 Å². The van der Waals surface area contributed by atoms with E-state index >= 15 is 0 Å². The van der Waals surface area contributed by atoms with E-state index in [0.29, 0.717) is 43.7 Å². The minimum absolute atomic E-state index is 0.0901. The van der Waals surface area contributed by atoms with Crippen molar-refractivity contribution in [3.8, 4) is 11.4 Å². The lowest BCUT2D eigenvalue weighted by atomic mass is 10.1. The standard InChI is InChI=1S/C22H20Cl2N4O3S2/c1-3-9-28-19(13-8-7-12(23)10-15(13)24)26-27-22(28)32-11-17(29)25-20-18(21(30)31-2)14-5-4-6-16(14)33-20/h3,7-8,10H,1,4-6,9,11H2,2H3,(H,25,29). The number of aromatic nitrogens is 3. The second-order valence-electron chi connectivity index (χ2n) is 7.22. The molecule has 7 nitrogen and oxygen atoms in total. The van der Waals surface area contributed by atoms with Gasteiger partial charge in [-0.05, 0) is 43.0 Å². The highest BCUT2D eigenvalue weighted by Crippen LogP contribution is 2.39. The molecule has 4 rings (SSSR count). The molecule has 33 heavy (non-hydrogen) atoms. The number of thioether (sulfide) groups is 1. The van der Waals surface area contributed by atoms with Crippen LogP contribution < -0.4 is 5.32 Å². The number of benzene rings is 1. The zero-order valence-corrected chi connectivity index (χ0v) is 20.8. The van der Waals surface area contributed by atoms with Crippen LogP contribution in [-0.2, 0) is 28.9 Å². The van der Waals surface area contributed by atoms with Gasteiger partial charge in [-0.25, -0.2) is 4.79 Å². The number of fused-ring (bicyclic) bond motifs is 1. The summed E-state index contributed by atoms with van der Waals surface area (Å²) in [4.78, 5) is 26.2. The minimum atomic E-state index is -0.424. The second-order valence-corrected chi connectivity index (χ2v) is 10.1. The van der Waals surface area contributed by atoms with Crippen molar-refractivity contribution >= 4 is 63.2 Å². The topological polar surface area (TPSA) is 86.1 Å². The lowest BCUT2D eigenvalue weighted by Crippen LogP contribution is -2.16. The Morgan fingerprint density at radius 3 is 2.88 bits per heavy atom. The third kappa shape index (κ3) is 4.96. The lowest BCUT2D eigenvalue weighted by Gasteiger charge is -2.09. The number of nitrogens with zero attached hydrogens (tertiary/aromatic N) is 3. The summed E-state index contributed by atoms with van der Waals surface area (Å²) >= 11 is 15.0. The van der Waals surface area contributed by atoms with Gasteiger partial charge in [0.2, 0.25) is 5.91 Å². The molecule has 0 radical (unpaired) electrons. The van der Waals surface area contributed by atoms with Crippen LogP contribution in [0.25, 0.3) is 11.4 Å². The van der Waals surface area contributed by atoms with Crippen molar-refractivity contribution in [2.24, 2.45) is 0 Å². The van der Waals surface area contributed by atoms with Gasteiger partial charge in [-0.1, -0.05) is 41.0 Å². The van der Waals surface area contributed by atoms with E-state index in [1.54, 1.807) is 24.3 Å². The van der Waals surface area contributed by atoms with Crippen LogP contribution in [0.5, 0.6) is 0 Å². The van der Waals surface area contributed by atoms with Crippen LogP contribution >= 0.6 is 46.3 Å². The van der Waals surface area contributed by atoms with Crippen molar-refractivity contribution in [2.75, 3.05) is 18.2 Å². The summed E-state index contributed by atoms with van der Waals surface area (Å²) in [5.41, 5.74) is 2.15. The van der Waals surface area contributed by atoms with Crippen LogP contribution in [0.4, 0.5) is 5.00 Å². The lowest BCUT2D eigenvalue weighted by molar-refractivity contribution is -0.113. The summed E-state index contributed by atoms with van der Waals surface area (Å²) in [6, 6.07) is 5.15. The fourth-order valence-electron chi connectivity index (χ4n) is 3.66. The van der Waals surface area contributed by atoms with E-state index in [1.165, 1.54) is 30.2 Å². The number of anilines is 1. The van der Waals surface area contributed by atoms with Gasteiger partial charge in [-0.3, -0.25) is 9.36 Å². The third-order valence-corrected chi connectivity index (χ3v) is 7.82. The molecule has 0 aliphatic heterocycles. The number of rotatable bonds is 8. The number of methoxy groups -OCH3 is 1. The first kappa shape index (κ1) is 23.8. The fourth-order valence-corrected chi connectivity index (χ4v) is 6.20. The molecular formula is C22H20Cl2N4O3S2. The van der Waals surface area contributed by atoms with Crippen LogP contribution in [-0.4, -0.2) is 39.5 Å². The smallest absolute Gasteiger partial charge is 0.341 e. The molecular weight excluding hydrogens is 503 g/mol. The van der Waals surface area contributed by atoms with Crippen molar-refractivity contribution in [1.29, 1.82) is 0 Å². The number of halogens is 2. The first-order valence-corrected chi connectivity index (χ1v) is 12.6. The Balaban J connectivity index is 1.51. The second kappa shape index (κ2) is 10.3. The monoisotopic (exact) mass is 522 g/mol. The number of hydrogen-bond acceptors (Lipinski definition) is 7. The molecule has 2 heterocycles. The van der Waals surface area contributed by atoms with Crippen molar-refractivity contribution in [2.45, 2.75) is 31.0 Å². The largest absolute Gasteiger partial charge is 0.465 e. The number of ether oxygens (including phenoxy) is 1. The van der Waals surface area contributed by atoms with Crippen molar-refractivity contribution in [1.82, 2.24) is 14.8 Å². The van der Waals surface area contributed by atoms with E-state index in [0.717, 1.165) is 29.7 Å². The Bertz CT molecular complexity index is 1240. The van der Waals surface area contributed by atoms with Gasteiger partial charge in [0.1, 0.15) is 5.00 Å². The van der Waals surface area contributed by atoms with Gasteiger partial charge in [-0.2, -0.15) is 0 Å². The highest BCUT2D eigenvalue weighted by molar-refractivity contribution is 7.99. The third-order valence-electron chi connectivity index (χ3n) is 5.10. The molecule has 0 atom stereocenters. The predicted octanol–water partition coefficient (Wildman–Crippen LogP) is 5.51. The van der Waals surface area contributed by atoms with Crippen LogP contribution in [0, 0.1) is 0 Å². The average molecular weight is 523 g/mol. The number of nitrogens with one attached hydrogen (secondary N) is 1. The van der Waals surface area contributed by atoms with Gasteiger partial charge in [-0.15, -0.1) is 28.1 Å². The van der Waals surface area contributed by atoms with Gasteiger partial charge in [0.05, 0.1) is 23.4 Å². The molecule has 0 saturated heterocycles. The number of esters is 1. The number of hydrogen-bond donors (Lipinski definition) is 1. The molecule has 11 heteroatoms. The maximum Gasteiger partial charge on any atom is 0.341 e. The molecule has 1 aromatic carbocycles. The minimum Gasteiger partial charge on any atom is -0.465 e. The molecule has 1 aliphatic rings. The zero-order valence-electron chi connectivity index (χ0n) is 17.7. The van der Waals surface area contributed by atoms with Gasteiger partial charge < -0.3 is 10.1 Å². The maximum atomic E-state index is 12.7. The Labute approximate surface area is 209 Å². The van der Waals surface area contributed by atoms with E-state index < -0.39 is 5.97 Å². The molecule has 1 amide bonds. The van der Waals surface area contributed by atoms with E-state index in [-0.39, 0.29) is 11.7 Å². The van der Waals surface area contributed by atoms with Crippen LogP contribution in [0.2, 0.25) is 10.0 Å². The van der Waals surface area contributed by atoms with Crippen molar-refractivity contribution < 1.29 is 14.3 Å². The van der Waals surface area contributed by atoms with Crippen molar-refractivity contribution in [3.63, 3.8) is 0 Å². The van der Waals surface area contributed by atoms with Crippen LogP contribution in [0.1, 0.15) is 27.2 Å². The SMILES string of the molecule is C=CCn1c(SCC(=O)Nc2sc3c(c2C(=O)OC)CCC3)nnc1-c1ccc(Cl)cc1Cl. The molecule has 0 unspecified atom stereocenters. The Kier molecular flexibility index (Phi) is 7.43. The first-order valence-electron chi connectivity index (χ1n) is 10.1. The molecule has 2 aromatic heterocycles. The number of thiophene rings is 1. The Morgan fingerprint density at radius 1 is 1.33 bits per heavy atom. The molecule has 0 saturated carbocycles. The molecule has 3 aromatic rings. The first-order chi connectivity index (χ1) is 15.9. The van der Waals surface area contributed by atoms with Crippen molar-refractivity contribution in [3.05, 3.63) is 56.9 Å². The number of carbonyl (C=O) groups excluding carboxylic acids is 2. The summed E-state index contributed by atoms with van der Waals surface area (Å²) in [5.74, 6) is -0.0219. The Morgan fingerprint density at radius 2 is 2.15 bits per heavy atom. The van der Waals surface area contributed by atoms with Gasteiger partial charge in [0.25, 0.3) is 0 Å². The maximum absolute atomic E-state index is 12.7. The summed E-state index contributed by atoms with van der Waals surface area (Å²) in [5, 5.41) is 13.4. The molecule has 0 bridgehead atoms. The predicted molar refractivity (Wildman–Crippen MR) is 133 cm³/mol. The summed E-state index contributed by atoms with van der Waals surface area (Å²) in [7, 11) is 1.35. The highest BCUT2D eigenvalue weighted by atomic mass is 35.5. The number of allylic oxidation sites excluding steroid dienone is 1. The van der Waals surface area contributed by atoms with Crippen LogP contribution in [0.15, 0.2) is 36.0 Å². The number of aryl methyl sites for hydroxylation is 1. The summed E-state index contributed by atoms with van der Waals surface area (Å²) in [6.07, 6.45) is 4.46. The quantitative estimate of drug-likeness (QED) is 0.238. The fraction of sp³-hybridized carbons (Fsp3) is 0.273. The number of amides is 1. The van der Waals surface area contributed by atoms with Gasteiger partial charge in [0, 0.05) is 22.0 Å². The van der Waals surface area contributed by atoms with E-state index in [4.69, 9.17) is 27.9 Å². The normalized spacial score (nSPS) is 12.5. The average Bonchev–Trinajstić information content (AvgIpc) is 3.47.